The van der Waals surface area contributed by atoms with Crippen molar-refractivity contribution in [2.45, 2.75) is 5.79 Å². The molecule has 4 N–H and O–H groups in total. The number of hydrogen-bond donors (Lipinski definition) is 2. The predicted octanol–water partition coefficient (Wildman–Crippen LogP) is -2.77. The highest BCUT2D eigenvalue weighted by Gasteiger charge is 2.47. The summed E-state index contributed by atoms with van der Waals surface area (Å²) in [5.41, 5.74) is 9.61. The van der Waals surface area contributed by atoms with Crippen LogP contribution in [0.2, 0.25) is 0 Å². The van der Waals surface area contributed by atoms with Crippen molar-refractivity contribution in [1.29, 1.82) is 0 Å². The van der Waals surface area contributed by atoms with Gasteiger partial charge >= 0.3 is 0 Å². The van der Waals surface area contributed by atoms with Gasteiger partial charge in [-0.2, -0.15) is 0 Å². The summed E-state index contributed by atoms with van der Waals surface area (Å²) < 4.78 is 0. The minimum atomic E-state index is -2.73. The zero-order valence-corrected chi connectivity index (χ0v) is 8.11. The minimum absolute atomic E-state index is 0.883. The third kappa shape index (κ3) is 3.01. The Morgan fingerprint density at radius 2 is 1.18 bits per heavy atom. The molecule has 10 nitrogen and oxygen atoms in total. The SMILES string of the molecule is NC(=O)C(C(N)=O)C(N=C=O)(N=C=O)N=C=O. The third-order valence-electron chi connectivity index (χ3n) is 1.59. The Balaban J connectivity index is 6.12. The average molecular weight is 239 g/mol. The van der Waals surface area contributed by atoms with Gasteiger partial charge in [-0.05, 0) is 0 Å². The molecule has 0 saturated heterocycles. The number of rotatable bonds is 6. The van der Waals surface area contributed by atoms with Crippen molar-refractivity contribution in [3.63, 3.8) is 0 Å². The van der Waals surface area contributed by atoms with Gasteiger partial charge < -0.3 is 11.5 Å². The highest BCUT2D eigenvalue weighted by atomic mass is 16.2. The number of primary amides is 2. The smallest absolute Gasteiger partial charge is 0.297 e. The van der Waals surface area contributed by atoms with Crippen LogP contribution in [0.5, 0.6) is 0 Å². The van der Waals surface area contributed by atoms with E-state index in [4.69, 9.17) is 11.5 Å². The van der Waals surface area contributed by atoms with Crippen molar-refractivity contribution in [2.24, 2.45) is 32.4 Å². The largest absolute Gasteiger partial charge is 0.369 e. The Kier molecular flexibility index (Phi) is 4.84. The molecule has 0 unspecified atom stereocenters. The van der Waals surface area contributed by atoms with Gasteiger partial charge in [0.2, 0.25) is 30.1 Å². The topological polar surface area (TPSA) is 174 Å². The van der Waals surface area contributed by atoms with Crippen LogP contribution < -0.4 is 11.5 Å². The molecule has 0 radical (unpaired) electrons. The van der Waals surface area contributed by atoms with Crippen molar-refractivity contribution in [2.75, 3.05) is 0 Å². The number of amides is 2. The number of hydrogen-bond acceptors (Lipinski definition) is 8. The van der Waals surface area contributed by atoms with E-state index >= 15 is 0 Å². The van der Waals surface area contributed by atoms with Gasteiger partial charge in [0.25, 0.3) is 5.79 Å². The van der Waals surface area contributed by atoms with E-state index in [-0.39, 0.29) is 0 Å². The lowest BCUT2D eigenvalue weighted by Gasteiger charge is -2.20. The highest BCUT2D eigenvalue weighted by Crippen LogP contribution is 2.24. The summed E-state index contributed by atoms with van der Waals surface area (Å²) in [7, 11) is 0. The molecule has 2 amide bonds. The lowest BCUT2D eigenvalue weighted by molar-refractivity contribution is -0.134. The molecule has 0 atom stereocenters. The van der Waals surface area contributed by atoms with E-state index in [2.05, 4.69) is 15.0 Å². The number of isocyanates is 3. The van der Waals surface area contributed by atoms with Crippen molar-refractivity contribution >= 4 is 30.1 Å². The van der Waals surface area contributed by atoms with E-state index in [1.165, 1.54) is 0 Å². The summed E-state index contributed by atoms with van der Waals surface area (Å²) >= 11 is 0. The number of carbonyl (C=O) groups is 2. The molecule has 0 aromatic rings. The van der Waals surface area contributed by atoms with Crippen LogP contribution in [0.25, 0.3) is 0 Å². The number of carbonyl (C=O) groups excluding carboxylic acids is 5. The first-order valence-corrected chi connectivity index (χ1v) is 3.81. The summed E-state index contributed by atoms with van der Waals surface area (Å²) in [5, 5.41) is 0. The van der Waals surface area contributed by atoms with Crippen molar-refractivity contribution in [3.05, 3.63) is 0 Å². The van der Waals surface area contributed by atoms with Gasteiger partial charge in [-0.1, -0.05) is 0 Å². The van der Waals surface area contributed by atoms with Crippen molar-refractivity contribution in [1.82, 2.24) is 0 Å². The molecule has 0 aromatic heterocycles. The molecule has 0 aliphatic carbocycles. The Labute approximate surface area is 93.1 Å². The monoisotopic (exact) mass is 239 g/mol. The van der Waals surface area contributed by atoms with Gasteiger partial charge in [-0.25, -0.2) is 14.4 Å². The second kappa shape index (κ2) is 5.84. The molecular weight excluding hydrogens is 234 g/mol. The Bertz CT molecular complexity index is 421. The van der Waals surface area contributed by atoms with E-state index in [1.807, 2.05) is 0 Å². The first-order valence-electron chi connectivity index (χ1n) is 3.81. The quantitative estimate of drug-likeness (QED) is 0.289. The summed E-state index contributed by atoms with van der Waals surface area (Å²) in [5.74, 6) is -7.64. The summed E-state index contributed by atoms with van der Waals surface area (Å²) in [6.45, 7) is 0. The van der Waals surface area contributed by atoms with Crippen LogP contribution in [0, 0.1) is 5.92 Å². The fourth-order valence-electron chi connectivity index (χ4n) is 0.992. The molecule has 0 saturated carbocycles. The second-order valence-corrected chi connectivity index (χ2v) is 2.53. The van der Waals surface area contributed by atoms with Crippen LogP contribution >= 0.6 is 0 Å². The Morgan fingerprint density at radius 3 is 1.35 bits per heavy atom. The van der Waals surface area contributed by atoms with Crippen LogP contribution in [0.4, 0.5) is 0 Å². The third-order valence-corrected chi connectivity index (χ3v) is 1.59. The standard InChI is InChI=1S/C7H5N5O5/c8-5(16)4(6(9)17)7(10-1-13,11-2-14)12-3-15/h4H,(H2,8,16)(H2,9,17). The molecule has 0 bridgehead atoms. The maximum Gasteiger partial charge on any atom is 0.297 e. The Morgan fingerprint density at radius 1 is 0.882 bits per heavy atom. The molecule has 10 heteroatoms. The minimum Gasteiger partial charge on any atom is -0.369 e. The van der Waals surface area contributed by atoms with Crippen LogP contribution in [0.1, 0.15) is 0 Å². The lowest BCUT2D eigenvalue weighted by atomic mass is 10.00. The maximum absolute atomic E-state index is 11.0. The fourth-order valence-corrected chi connectivity index (χ4v) is 0.992. The average Bonchev–Trinajstić information content (AvgIpc) is 2.17. The molecule has 0 aromatic carbocycles. The molecule has 0 aliphatic rings. The van der Waals surface area contributed by atoms with E-state index in [9.17, 15) is 24.0 Å². The number of nitrogens with zero attached hydrogens (tertiary/aromatic N) is 3. The molecule has 0 heterocycles. The van der Waals surface area contributed by atoms with Crippen molar-refractivity contribution in [3.8, 4) is 0 Å². The van der Waals surface area contributed by atoms with E-state index in [0.717, 1.165) is 18.2 Å². The van der Waals surface area contributed by atoms with Gasteiger partial charge in [0.15, 0.2) is 5.92 Å². The van der Waals surface area contributed by atoms with Gasteiger partial charge in [-0.3, -0.25) is 9.59 Å². The van der Waals surface area contributed by atoms with Crippen molar-refractivity contribution < 1.29 is 24.0 Å². The highest BCUT2D eigenvalue weighted by molar-refractivity contribution is 6.00. The molecule has 0 spiro atoms. The number of aliphatic imine (C=N–C) groups is 3. The van der Waals surface area contributed by atoms with Gasteiger partial charge in [0.1, 0.15) is 0 Å². The molecule has 0 fully saturated rings. The zero-order chi connectivity index (χ0) is 13.5. The Hall–Kier alpha value is -2.92. The molecular formula is C7H5N5O5. The van der Waals surface area contributed by atoms with Gasteiger partial charge in [0, 0.05) is 0 Å². The van der Waals surface area contributed by atoms with E-state index in [0.29, 0.717) is 0 Å². The first kappa shape index (κ1) is 14.1. The summed E-state index contributed by atoms with van der Waals surface area (Å²) in [6.07, 6.45) is 2.65. The van der Waals surface area contributed by atoms with Crippen LogP contribution in [-0.4, -0.2) is 35.8 Å². The van der Waals surface area contributed by atoms with Crippen LogP contribution in [-0.2, 0) is 24.0 Å². The fraction of sp³-hybridized carbons (Fsp3) is 0.286. The maximum atomic E-state index is 11.0. The van der Waals surface area contributed by atoms with Crippen LogP contribution in [0.15, 0.2) is 15.0 Å². The van der Waals surface area contributed by atoms with Gasteiger partial charge in [-0.15, -0.1) is 15.0 Å². The molecule has 0 rings (SSSR count). The molecule has 88 valence electrons. The summed E-state index contributed by atoms with van der Waals surface area (Å²) in [6, 6.07) is 0. The van der Waals surface area contributed by atoms with Crippen LogP contribution in [0.3, 0.4) is 0 Å². The number of nitrogens with two attached hydrogens (primary N) is 2. The zero-order valence-electron chi connectivity index (χ0n) is 8.11. The lowest BCUT2D eigenvalue weighted by Crippen LogP contribution is -2.48. The predicted molar refractivity (Wildman–Crippen MR) is 49.0 cm³/mol. The summed E-state index contributed by atoms with van der Waals surface area (Å²) in [4.78, 5) is 60.8. The molecule has 0 aliphatic heterocycles. The van der Waals surface area contributed by atoms with E-state index in [1.54, 1.807) is 0 Å². The molecule has 17 heavy (non-hydrogen) atoms. The first-order chi connectivity index (χ1) is 7.95. The normalized spacial score (nSPS) is 12.3. The van der Waals surface area contributed by atoms with E-state index < -0.39 is 23.5 Å². The second-order valence-electron chi connectivity index (χ2n) is 2.53. The van der Waals surface area contributed by atoms with Gasteiger partial charge in [0.05, 0.1) is 0 Å².